The van der Waals surface area contributed by atoms with Gasteiger partial charge in [-0.3, -0.25) is 14.5 Å². The molecule has 0 heterocycles. The van der Waals surface area contributed by atoms with E-state index >= 15 is 0 Å². The molecule has 0 aliphatic rings. The number of carbonyl (C=O) groups excluding carboxylic acids is 2. The maximum absolute atomic E-state index is 12.1. The number of nitrogens with one attached hydrogen (secondary N) is 2. The summed E-state index contributed by atoms with van der Waals surface area (Å²) in [6.45, 7) is 9.75. The molecule has 5 nitrogen and oxygen atoms in total. The summed E-state index contributed by atoms with van der Waals surface area (Å²) >= 11 is 0. The highest BCUT2D eigenvalue weighted by Crippen LogP contribution is 2.18. The topological polar surface area (TPSA) is 61.4 Å². The van der Waals surface area contributed by atoms with E-state index in [-0.39, 0.29) is 24.9 Å². The normalized spacial score (nSPS) is 10.8. The van der Waals surface area contributed by atoms with Gasteiger partial charge in [-0.05, 0) is 37.1 Å². The minimum absolute atomic E-state index is 0.0565. The molecule has 5 heteroatoms. The van der Waals surface area contributed by atoms with Crippen LogP contribution in [0.5, 0.6) is 0 Å². The zero-order chi connectivity index (χ0) is 16.5. The van der Waals surface area contributed by atoms with Crippen molar-refractivity contribution in [3.05, 3.63) is 29.8 Å². The molecule has 1 aromatic carbocycles. The summed E-state index contributed by atoms with van der Waals surface area (Å²) in [6, 6.07) is 7.86. The molecule has 0 aliphatic heterocycles. The van der Waals surface area contributed by atoms with Gasteiger partial charge >= 0.3 is 0 Å². The van der Waals surface area contributed by atoms with E-state index in [4.69, 9.17) is 0 Å². The summed E-state index contributed by atoms with van der Waals surface area (Å²) in [5.74, 6) is 0.257. The summed E-state index contributed by atoms with van der Waals surface area (Å²) in [5.41, 5.74) is 1.98. The van der Waals surface area contributed by atoms with Gasteiger partial charge in [0, 0.05) is 12.2 Å². The van der Waals surface area contributed by atoms with Gasteiger partial charge in [-0.15, -0.1) is 0 Å². The van der Waals surface area contributed by atoms with Gasteiger partial charge in [0.05, 0.1) is 13.1 Å². The molecule has 0 bridgehead atoms. The van der Waals surface area contributed by atoms with E-state index in [0.717, 1.165) is 5.69 Å². The van der Waals surface area contributed by atoms with Gasteiger partial charge in [0.1, 0.15) is 0 Å². The summed E-state index contributed by atoms with van der Waals surface area (Å²) in [6.07, 6.45) is 0. The maximum atomic E-state index is 12.1. The average Bonchev–Trinajstić information content (AvgIpc) is 2.46. The zero-order valence-electron chi connectivity index (χ0n) is 14.0. The quantitative estimate of drug-likeness (QED) is 0.774. The molecule has 0 saturated carbocycles. The molecule has 0 fully saturated rings. The number of hydrogen-bond donors (Lipinski definition) is 2. The average molecular weight is 305 g/mol. The standard InChI is InChI=1S/C17H27N3O2/c1-5-18-16(21)11-20(6-2)12-17(22)19-15-9-7-8-14(10-15)13(3)4/h7-10,13H,5-6,11-12H2,1-4H3,(H,18,21)(H,19,22). The second-order valence-electron chi connectivity index (χ2n) is 5.59. The Bertz CT molecular complexity index is 500. The van der Waals surface area contributed by atoms with Crippen LogP contribution in [-0.4, -0.2) is 42.9 Å². The van der Waals surface area contributed by atoms with Gasteiger partial charge in [0.15, 0.2) is 0 Å². The van der Waals surface area contributed by atoms with Crippen LogP contribution in [0.25, 0.3) is 0 Å². The maximum Gasteiger partial charge on any atom is 0.238 e. The Kier molecular flexibility index (Phi) is 7.60. The van der Waals surface area contributed by atoms with E-state index in [1.54, 1.807) is 0 Å². The van der Waals surface area contributed by atoms with Crippen LogP contribution in [0.3, 0.4) is 0 Å². The molecule has 2 amide bonds. The molecule has 0 saturated heterocycles. The summed E-state index contributed by atoms with van der Waals surface area (Å²) < 4.78 is 0. The fourth-order valence-electron chi connectivity index (χ4n) is 2.11. The SMILES string of the molecule is CCNC(=O)CN(CC)CC(=O)Nc1cccc(C(C)C)c1. The number of nitrogens with zero attached hydrogens (tertiary/aromatic N) is 1. The Morgan fingerprint density at radius 1 is 1.14 bits per heavy atom. The Labute approximate surface area is 133 Å². The molecule has 2 N–H and O–H groups in total. The molecule has 0 aliphatic carbocycles. The van der Waals surface area contributed by atoms with Crippen LogP contribution in [-0.2, 0) is 9.59 Å². The lowest BCUT2D eigenvalue weighted by Gasteiger charge is -2.19. The highest BCUT2D eigenvalue weighted by atomic mass is 16.2. The number of hydrogen-bond acceptors (Lipinski definition) is 3. The molecule has 22 heavy (non-hydrogen) atoms. The third-order valence-electron chi connectivity index (χ3n) is 3.39. The molecule has 1 rings (SSSR count). The van der Waals surface area contributed by atoms with Crippen molar-refractivity contribution in [1.82, 2.24) is 10.2 Å². The number of anilines is 1. The molecule has 0 aromatic heterocycles. The van der Waals surface area contributed by atoms with Crippen molar-refractivity contribution in [2.24, 2.45) is 0 Å². The zero-order valence-corrected chi connectivity index (χ0v) is 14.0. The lowest BCUT2D eigenvalue weighted by Crippen LogP contribution is -2.41. The lowest BCUT2D eigenvalue weighted by molar-refractivity contribution is -0.123. The molecular weight excluding hydrogens is 278 g/mol. The van der Waals surface area contributed by atoms with Gasteiger partial charge in [0.2, 0.25) is 11.8 Å². The Hall–Kier alpha value is -1.88. The van der Waals surface area contributed by atoms with Crippen LogP contribution < -0.4 is 10.6 Å². The first-order valence-electron chi connectivity index (χ1n) is 7.85. The van der Waals surface area contributed by atoms with Gasteiger partial charge < -0.3 is 10.6 Å². The van der Waals surface area contributed by atoms with Crippen LogP contribution in [0.15, 0.2) is 24.3 Å². The van der Waals surface area contributed by atoms with Crippen molar-refractivity contribution < 1.29 is 9.59 Å². The molecule has 0 radical (unpaired) electrons. The van der Waals surface area contributed by atoms with E-state index in [0.29, 0.717) is 19.0 Å². The first-order chi connectivity index (χ1) is 10.5. The second kappa shape index (κ2) is 9.20. The highest BCUT2D eigenvalue weighted by Gasteiger charge is 2.13. The number of amides is 2. The molecule has 1 aromatic rings. The van der Waals surface area contributed by atoms with E-state index < -0.39 is 0 Å². The van der Waals surface area contributed by atoms with Gasteiger partial charge in [0.25, 0.3) is 0 Å². The van der Waals surface area contributed by atoms with Gasteiger partial charge in [-0.25, -0.2) is 0 Å². The Morgan fingerprint density at radius 3 is 2.41 bits per heavy atom. The van der Waals surface area contributed by atoms with Crippen LogP contribution in [0.1, 0.15) is 39.2 Å². The molecule has 122 valence electrons. The summed E-state index contributed by atoms with van der Waals surface area (Å²) in [5, 5.41) is 5.64. The van der Waals surface area contributed by atoms with Crippen molar-refractivity contribution in [2.45, 2.75) is 33.6 Å². The lowest BCUT2D eigenvalue weighted by atomic mass is 10.0. The number of likely N-dealkylation sites (N-methyl/N-ethyl adjacent to an activating group) is 2. The summed E-state index contributed by atoms with van der Waals surface area (Å²) in [7, 11) is 0. The van der Waals surface area contributed by atoms with Crippen molar-refractivity contribution in [2.75, 3.05) is 31.5 Å². The fourth-order valence-corrected chi connectivity index (χ4v) is 2.11. The van der Waals surface area contributed by atoms with Crippen LogP contribution in [0.4, 0.5) is 5.69 Å². The van der Waals surface area contributed by atoms with Crippen LogP contribution in [0.2, 0.25) is 0 Å². The third-order valence-corrected chi connectivity index (χ3v) is 3.39. The molecule has 0 unspecified atom stereocenters. The monoisotopic (exact) mass is 305 g/mol. The van der Waals surface area contributed by atoms with Crippen molar-refractivity contribution >= 4 is 17.5 Å². The highest BCUT2D eigenvalue weighted by molar-refractivity contribution is 5.92. The molecule has 0 spiro atoms. The number of benzene rings is 1. The molecular formula is C17H27N3O2. The van der Waals surface area contributed by atoms with E-state index in [1.165, 1.54) is 5.56 Å². The van der Waals surface area contributed by atoms with E-state index in [9.17, 15) is 9.59 Å². The largest absolute Gasteiger partial charge is 0.355 e. The smallest absolute Gasteiger partial charge is 0.238 e. The summed E-state index contributed by atoms with van der Waals surface area (Å²) in [4.78, 5) is 25.5. The van der Waals surface area contributed by atoms with Crippen molar-refractivity contribution in [3.8, 4) is 0 Å². The first-order valence-corrected chi connectivity index (χ1v) is 7.85. The minimum Gasteiger partial charge on any atom is -0.355 e. The van der Waals surface area contributed by atoms with Crippen molar-refractivity contribution in [1.29, 1.82) is 0 Å². The molecule has 0 atom stereocenters. The Balaban J connectivity index is 2.57. The minimum atomic E-state index is -0.105. The van der Waals surface area contributed by atoms with Crippen LogP contribution >= 0.6 is 0 Å². The first kappa shape index (κ1) is 18.2. The van der Waals surface area contributed by atoms with E-state index in [1.807, 2.05) is 43.0 Å². The number of carbonyl (C=O) groups is 2. The van der Waals surface area contributed by atoms with Crippen LogP contribution in [0, 0.1) is 0 Å². The van der Waals surface area contributed by atoms with Gasteiger partial charge in [-0.1, -0.05) is 32.9 Å². The second-order valence-corrected chi connectivity index (χ2v) is 5.59. The van der Waals surface area contributed by atoms with Gasteiger partial charge in [-0.2, -0.15) is 0 Å². The predicted octanol–water partition coefficient (Wildman–Crippen LogP) is 2.21. The third kappa shape index (κ3) is 6.26. The van der Waals surface area contributed by atoms with Crippen molar-refractivity contribution in [3.63, 3.8) is 0 Å². The number of rotatable bonds is 8. The Morgan fingerprint density at radius 2 is 1.82 bits per heavy atom. The predicted molar refractivity (Wildman–Crippen MR) is 90.0 cm³/mol. The van der Waals surface area contributed by atoms with E-state index in [2.05, 4.69) is 24.5 Å². The fraction of sp³-hybridized carbons (Fsp3) is 0.529.